The monoisotopic (exact) mass is 282 g/mol. The van der Waals surface area contributed by atoms with Crippen LogP contribution in [0.15, 0.2) is 39.8 Å². The lowest BCUT2D eigenvalue weighted by Gasteiger charge is -2.04. The maximum Gasteiger partial charge on any atom is 0.335 e. The van der Waals surface area contributed by atoms with E-state index in [4.69, 9.17) is 9.63 Å². The van der Waals surface area contributed by atoms with Crippen molar-refractivity contribution in [3.63, 3.8) is 0 Å². The molecule has 0 radical (unpaired) electrons. The van der Waals surface area contributed by atoms with Crippen LogP contribution in [0, 0.1) is 6.92 Å². The third kappa shape index (κ3) is 2.91. The molecule has 1 aromatic carbocycles. The van der Waals surface area contributed by atoms with Crippen molar-refractivity contribution in [1.29, 1.82) is 0 Å². The first-order valence-corrected chi connectivity index (χ1v) is 6.66. The molecule has 0 saturated carbocycles. The Morgan fingerprint density at radius 2 is 1.95 bits per heavy atom. The Labute approximate surface area is 108 Å². The maximum absolute atomic E-state index is 11.9. The molecule has 0 aliphatic carbocycles. The summed E-state index contributed by atoms with van der Waals surface area (Å²) in [5.41, 5.74) is 0.549. The molecule has 8 heteroatoms. The zero-order chi connectivity index (χ0) is 14.0. The van der Waals surface area contributed by atoms with Gasteiger partial charge in [-0.25, -0.2) is 17.9 Å². The Balaban J connectivity index is 2.26. The topological polar surface area (TPSA) is 110 Å². The minimum atomic E-state index is -3.82. The molecule has 0 spiro atoms. The molecule has 2 rings (SSSR count). The normalized spacial score (nSPS) is 11.2. The number of carboxylic acids is 1. The van der Waals surface area contributed by atoms with Gasteiger partial charge in [-0.1, -0.05) is 5.16 Å². The summed E-state index contributed by atoms with van der Waals surface area (Å²) in [4.78, 5) is 10.6. The van der Waals surface area contributed by atoms with Crippen LogP contribution in [0.2, 0.25) is 0 Å². The lowest BCUT2D eigenvalue weighted by molar-refractivity contribution is 0.0696. The van der Waals surface area contributed by atoms with E-state index in [1.54, 1.807) is 6.92 Å². The van der Waals surface area contributed by atoms with Crippen molar-refractivity contribution < 1.29 is 22.8 Å². The van der Waals surface area contributed by atoms with Gasteiger partial charge >= 0.3 is 5.97 Å². The van der Waals surface area contributed by atoms with Gasteiger partial charge in [-0.3, -0.25) is 0 Å². The second-order valence-electron chi connectivity index (χ2n) is 3.77. The van der Waals surface area contributed by atoms with Crippen LogP contribution < -0.4 is 4.72 Å². The molecular formula is C11H10N2O5S. The Morgan fingerprint density at radius 3 is 2.42 bits per heavy atom. The molecule has 7 nitrogen and oxygen atoms in total. The van der Waals surface area contributed by atoms with E-state index in [2.05, 4.69) is 9.88 Å². The Morgan fingerprint density at radius 1 is 1.32 bits per heavy atom. The number of hydrogen-bond donors (Lipinski definition) is 2. The highest BCUT2D eigenvalue weighted by molar-refractivity contribution is 7.92. The van der Waals surface area contributed by atoms with Crippen molar-refractivity contribution in [1.82, 2.24) is 5.16 Å². The molecule has 0 unspecified atom stereocenters. The van der Waals surface area contributed by atoms with E-state index in [9.17, 15) is 13.2 Å². The first kappa shape index (κ1) is 13.1. The summed E-state index contributed by atoms with van der Waals surface area (Å²) < 4.78 is 30.8. The molecule has 0 saturated heterocycles. The molecule has 0 fully saturated rings. The number of sulfonamides is 1. The van der Waals surface area contributed by atoms with Crippen LogP contribution in [0.3, 0.4) is 0 Å². The predicted molar refractivity (Wildman–Crippen MR) is 65.4 cm³/mol. The average molecular weight is 282 g/mol. The van der Waals surface area contributed by atoms with Gasteiger partial charge in [-0.2, -0.15) is 0 Å². The van der Waals surface area contributed by atoms with Crippen molar-refractivity contribution in [2.45, 2.75) is 11.8 Å². The van der Waals surface area contributed by atoms with Gasteiger partial charge in [0.15, 0.2) is 0 Å². The van der Waals surface area contributed by atoms with E-state index >= 15 is 0 Å². The number of rotatable bonds is 4. The van der Waals surface area contributed by atoms with Crippen LogP contribution in [0.25, 0.3) is 0 Å². The summed E-state index contributed by atoms with van der Waals surface area (Å²) >= 11 is 0. The van der Waals surface area contributed by atoms with E-state index in [0.717, 1.165) is 0 Å². The first-order chi connectivity index (χ1) is 8.88. The second kappa shape index (κ2) is 4.73. The number of nitrogens with one attached hydrogen (secondary N) is 1. The van der Waals surface area contributed by atoms with Crippen LogP contribution >= 0.6 is 0 Å². The van der Waals surface area contributed by atoms with Gasteiger partial charge in [0.1, 0.15) is 0 Å². The molecule has 0 amide bonds. The van der Waals surface area contributed by atoms with Crippen molar-refractivity contribution in [3.8, 4) is 0 Å². The Hall–Kier alpha value is -2.35. The fraction of sp³-hybridized carbons (Fsp3) is 0.0909. The third-order valence-electron chi connectivity index (χ3n) is 2.27. The Kier molecular flexibility index (Phi) is 3.26. The maximum atomic E-state index is 11.9. The molecule has 2 aromatic rings. The van der Waals surface area contributed by atoms with E-state index in [-0.39, 0.29) is 16.3 Å². The number of anilines is 1. The van der Waals surface area contributed by atoms with E-state index in [1.165, 1.54) is 30.3 Å². The smallest absolute Gasteiger partial charge is 0.335 e. The molecule has 0 aliphatic heterocycles. The molecular weight excluding hydrogens is 272 g/mol. The highest BCUT2D eigenvalue weighted by atomic mass is 32.2. The largest absolute Gasteiger partial charge is 0.478 e. The van der Waals surface area contributed by atoms with Gasteiger partial charge < -0.3 is 9.63 Å². The first-order valence-electron chi connectivity index (χ1n) is 5.18. The van der Waals surface area contributed by atoms with Crippen LogP contribution in [0.1, 0.15) is 16.1 Å². The van der Waals surface area contributed by atoms with Crippen LogP contribution in [0.4, 0.5) is 5.88 Å². The molecule has 1 aromatic heterocycles. The number of hydrogen-bond acceptors (Lipinski definition) is 5. The highest BCUT2D eigenvalue weighted by Crippen LogP contribution is 2.17. The summed E-state index contributed by atoms with van der Waals surface area (Å²) in [5, 5.41) is 12.3. The van der Waals surface area contributed by atoms with Crippen molar-refractivity contribution >= 4 is 21.9 Å². The van der Waals surface area contributed by atoms with Gasteiger partial charge in [0.2, 0.25) is 5.88 Å². The third-order valence-corrected chi connectivity index (χ3v) is 3.64. The fourth-order valence-electron chi connectivity index (χ4n) is 1.38. The van der Waals surface area contributed by atoms with Gasteiger partial charge in [0.25, 0.3) is 10.0 Å². The van der Waals surface area contributed by atoms with Crippen molar-refractivity contribution in [2.75, 3.05) is 4.72 Å². The van der Waals surface area contributed by atoms with Crippen LogP contribution in [-0.4, -0.2) is 24.7 Å². The van der Waals surface area contributed by atoms with Gasteiger partial charge in [0.05, 0.1) is 16.2 Å². The molecule has 0 aliphatic rings. The number of aromatic nitrogens is 1. The molecule has 0 atom stereocenters. The van der Waals surface area contributed by atoms with Crippen LogP contribution in [-0.2, 0) is 10.0 Å². The molecule has 1 heterocycles. The lowest BCUT2D eigenvalue weighted by atomic mass is 10.2. The zero-order valence-electron chi connectivity index (χ0n) is 9.82. The lowest BCUT2D eigenvalue weighted by Crippen LogP contribution is -2.12. The van der Waals surface area contributed by atoms with Gasteiger partial charge in [0, 0.05) is 6.07 Å². The summed E-state index contributed by atoms with van der Waals surface area (Å²) in [6, 6.07) is 6.26. The van der Waals surface area contributed by atoms with Crippen molar-refractivity contribution in [2.24, 2.45) is 0 Å². The quantitative estimate of drug-likeness (QED) is 0.879. The number of carboxylic acid groups (broad SMARTS) is 1. The molecule has 100 valence electrons. The summed E-state index contributed by atoms with van der Waals surface area (Å²) in [6.07, 6.45) is 0. The van der Waals surface area contributed by atoms with Gasteiger partial charge in [-0.05, 0) is 31.2 Å². The van der Waals surface area contributed by atoms with Gasteiger partial charge in [-0.15, -0.1) is 0 Å². The Bertz CT molecular complexity index is 703. The second-order valence-corrected chi connectivity index (χ2v) is 5.45. The van der Waals surface area contributed by atoms with Crippen molar-refractivity contribution in [3.05, 3.63) is 41.6 Å². The fourth-order valence-corrected chi connectivity index (χ4v) is 2.35. The standard InChI is InChI=1S/C11H10N2O5S/c1-7-6-10(18-12-7)13-19(16,17)9-4-2-8(3-5-9)11(14)15/h2-6,13H,1H3,(H,14,15). The zero-order valence-corrected chi connectivity index (χ0v) is 10.6. The molecule has 0 bridgehead atoms. The SMILES string of the molecule is Cc1cc(NS(=O)(=O)c2ccc(C(=O)O)cc2)on1. The minimum absolute atomic E-state index is 0.000175. The minimum Gasteiger partial charge on any atom is -0.478 e. The molecule has 19 heavy (non-hydrogen) atoms. The number of carbonyl (C=O) groups is 1. The molecule has 2 N–H and O–H groups in total. The summed E-state index contributed by atoms with van der Waals surface area (Å²) in [7, 11) is -3.82. The van der Waals surface area contributed by atoms with E-state index in [0.29, 0.717) is 5.69 Å². The van der Waals surface area contributed by atoms with Crippen LogP contribution in [0.5, 0.6) is 0 Å². The number of aromatic carboxylic acids is 1. The number of nitrogens with zero attached hydrogens (tertiary/aromatic N) is 1. The number of benzene rings is 1. The highest BCUT2D eigenvalue weighted by Gasteiger charge is 2.17. The van der Waals surface area contributed by atoms with E-state index < -0.39 is 16.0 Å². The summed E-state index contributed by atoms with van der Waals surface area (Å²) in [5.74, 6) is -1.12. The number of aryl methyl sites for hydroxylation is 1. The van der Waals surface area contributed by atoms with E-state index in [1.807, 2.05) is 0 Å². The summed E-state index contributed by atoms with van der Waals surface area (Å²) in [6.45, 7) is 1.66. The predicted octanol–water partition coefficient (Wildman–Crippen LogP) is 1.48. The average Bonchev–Trinajstić information content (AvgIpc) is 2.74.